The number of nitro groups is 1. The molecule has 0 radical (unpaired) electrons. The Morgan fingerprint density at radius 3 is 1.94 bits per heavy atom. The summed E-state index contributed by atoms with van der Waals surface area (Å²) in [5.41, 5.74) is -0.191. The second-order valence-electron chi connectivity index (χ2n) is 7.37. The fourth-order valence-electron chi connectivity index (χ4n) is 3.43. The van der Waals surface area contributed by atoms with Gasteiger partial charge in [0, 0.05) is 12.1 Å². The fourth-order valence-corrected chi connectivity index (χ4v) is 3.43. The van der Waals surface area contributed by atoms with Gasteiger partial charge in [0.1, 0.15) is 54.6 Å². The zero-order valence-corrected chi connectivity index (χ0v) is 16.5. The van der Waals surface area contributed by atoms with Gasteiger partial charge in [0.05, 0.1) is 18.1 Å². The molecule has 1 aromatic carbocycles. The number of aliphatic hydroxyl groups excluding tert-OH is 7. The zero-order valence-electron chi connectivity index (χ0n) is 16.5. The van der Waals surface area contributed by atoms with Crippen LogP contribution in [-0.4, -0.2) is 115 Å². The van der Waals surface area contributed by atoms with Crippen LogP contribution in [0.5, 0.6) is 5.75 Å². The van der Waals surface area contributed by atoms with E-state index in [4.69, 9.17) is 18.9 Å². The van der Waals surface area contributed by atoms with E-state index in [2.05, 4.69) is 0 Å². The molecule has 32 heavy (non-hydrogen) atoms. The maximum atomic E-state index is 10.7. The molecule has 0 bridgehead atoms. The van der Waals surface area contributed by atoms with E-state index in [9.17, 15) is 45.9 Å². The molecule has 0 spiro atoms. The summed E-state index contributed by atoms with van der Waals surface area (Å²) in [6.07, 6.45) is -15.7. The van der Waals surface area contributed by atoms with E-state index in [1.165, 1.54) is 12.1 Å². The smallest absolute Gasteiger partial charge is 0.269 e. The van der Waals surface area contributed by atoms with Gasteiger partial charge in [-0.15, -0.1) is 0 Å². The first-order valence-corrected chi connectivity index (χ1v) is 9.67. The molecule has 2 heterocycles. The molecule has 14 heteroatoms. The van der Waals surface area contributed by atoms with Gasteiger partial charge in [0.15, 0.2) is 6.29 Å². The summed E-state index contributed by atoms with van der Waals surface area (Å²) < 4.78 is 21.5. The third kappa shape index (κ3) is 4.99. The quantitative estimate of drug-likeness (QED) is 0.155. The molecule has 180 valence electrons. The van der Waals surface area contributed by atoms with Crippen LogP contribution in [-0.2, 0) is 14.2 Å². The SMILES string of the molecule is O=[N+]([O-])c1ccc(O[C@H]2O[C@H](CO)[C@@H](O[C@H]3O[C@@H](CO)[C@@H](O)[C@@H](O)[C@H]3O)[C@@H](O)[C@H]2O)cc1. The molecular weight excluding hydrogens is 438 g/mol. The molecule has 10 atom stereocenters. The summed E-state index contributed by atoms with van der Waals surface area (Å²) in [6, 6.07) is 4.83. The van der Waals surface area contributed by atoms with Crippen molar-refractivity contribution in [2.75, 3.05) is 13.2 Å². The van der Waals surface area contributed by atoms with E-state index in [1.807, 2.05) is 0 Å². The van der Waals surface area contributed by atoms with E-state index >= 15 is 0 Å². The van der Waals surface area contributed by atoms with Gasteiger partial charge < -0.3 is 54.7 Å². The van der Waals surface area contributed by atoms with Crippen LogP contribution in [0.15, 0.2) is 24.3 Å². The van der Waals surface area contributed by atoms with Crippen molar-refractivity contribution >= 4 is 5.69 Å². The second kappa shape index (κ2) is 10.3. The van der Waals surface area contributed by atoms with E-state index in [1.54, 1.807) is 0 Å². The van der Waals surface area contributed by atoms with E-state index in [0.717, 1.165) is 12.1 Å². The number of benzene rings is 1. The van der Waals surface area contributed by atoms with Crippen LogP contribution in [0, 0.1) is 10.1 Å². The Morgan fingerprint density at radius 2 is 1.38 bits per heavy atom. The molecule has 1 aromatic rings. The summed E-state index contributed by atoms with van der Waals surface area (Å²) in [6.45, 7) is -1.42. The predicted octanol–water partition coefficient (Wildman–Crippen LogP) is -3.40. The Kier molecular flexibility index (Phi) is 7.94. The summed E-state index contributed by atoms with van der Waals surface area (Å²) in [5.74, 6) is 0.0804. The van der Waals surface area contributed by atoms with Gasteiger partial charge in [-0.1, -0.05) is 0 Å². The number of hydrogen-bond donors (Lipinski definition) is 7. The van der Waals surface area contributed by atoms with Crippen LogP contribution in [0.4, 0.5) is 5.69 Å². The van der Waals surface area contributed by atoms with Crippen LogP contribution < -0.4 is 4.74 Å². The molecular formula is C18H25NO13. The van der Waals surface area contributed by atoms with E-state index in [-0.39, 0.29) is 11.4 Å². The molecule has 2 fully saturated rings. The highest BCUT2D eigenvalue weighted by molar-refractivity contribution is 5.36. The molecule has 0 aliphatic carbocycles. The molecule has 2 aliphatic heterocycles. The molecule has 0 amide bonds. The van der Waals surface area contributed by atoms with Gasteiger partial charge in [-0.05, 0) is 12.1 Å². The van der Waals surface area contributed by atoms with Gasteiger partial charge in [0.2, 0.25) is 6.29 Å². The maximum Gasteiger partial charge on any atom is 0.269 e. The fraction of sp³-hybridized carbons (Fsp3) is 0.667. The largest absolute Gasteiger partial charge is 0.462 e. The molecule has 3 rings (SSSR count). The number of nitro benzene ring substituents is 1. The molecule has 0 aromatic heterocycles. The summed E-state index contributed by atoms with van der Waals surface area (Å²) in [4.78, 5) is 10.1. The highest BCUT2D eigenvalue weighted by Gasteiger charge is 2.51. The lowest BCUT2D eigenvalue weighted by Gasteiger charge is -2.45. The Balaban J connectivity index is 1.70. The number of non-ortho nitro benzene ring substituents is 1. The monoisotopic (exact) mass is 463 g/mol. The number of nitrogens with zero attached hydrogens (tertiary/aromatic N) is 1. The number of aliphatic hydroxyl groups is 7. The predicted molar refractivity (Wildman–Crippen MR) is 100 cm³/mol. The van der Waals surface area contributed by atoms with Crippen molar-refractivity contribution in [1.82, 2.24) is 0 Å². The Labute approximate surface area is 180 Å². The van der Waals surface area contributed by atoms with Crippen molar-refractivity contribution in [3.63, 3.8) is 0 Å². The van der Waals surface area contributed by atoms with Crippen LogP contribution in [0.1, 0.15) is 0 Å². The van der Waals surface area contributed by atoms with E-state index in [0.29, 0.717) is 0 Å². The molecule has 7 N–H and O–H groups in total. The highest BCUT2D eigenvalue weighted by atomic mass is 16.7. The average Bonchev–Trinajstić information content (AvgIpc) is 2.79. The number of rotatable bonds is 7. The number of ether oxygens (including phenoxy) is 4. The highest BCUT2D eigenvalue weighted by Crippen LogP contribution is 2.30. The lowest BCUT2D eigenvalue weighted by Crippen LogP contribution is -2.65. The lowest BCUT2D eigenvalue weighted by atomic mass is 9.97. The first kappa shape index (κ1) is 24.7. The van der Waals surface area contributed by atoms with Crippen LogP contribution >= 0.6 is 0 Å². The van der Waals surface area contributed by atoms with Crippen molar-refractivity contribution in [2.24, 2.45) is 0 Å². The Hall–Kier alpha value is -1.98. The zero-order chi connectivity index (χ0) is 23.6. The normalized spacial score (nSPS) is 40.1. The first-order valence-electron chi connectivity index (χ1n) is 9.67. The minimum absolute atomic E-state index is 0.0804. The third-order valence-corrected chi connectivity index (χ3v) is 5.26. The molecule has 2 aliphatic rings. The molecule has 0 unspecified atom stereocenters. The topological polar surface area (TPSA) is 222 Å². The van der Waals surface area contributed by atoms with Crippen molar-refractivity contribution in [2.45, 2.75) is 61.4 Å². The summed E-state index contributed by atoms with van der Waals surface area (Å²) in [7, 11) is 0. The van der Waals surface area contributed by atoms with Crippen LogP contribution in [0.2, 0.25) is 0 Å². The van der Waals surface area contributed by atoms with Gasteiger partial charge in [-0.2, -0.15) is 0 Å². The minimum atomic E-state index is -1.77. The first-order chi connectivity index (χ1) is 15.2. The van der Waals surface area contributed by atoms with Crippen molar-refractivity contribution < 1.29 is 59.6 Å². The third-order valence-electron chi connectivity index (χ3n) is 5.26. The van der Waals surface area contributed by atoms with Crippen LogP contribution in [0.3, 0.4) is 0 Å². The Morgan fingerprint density at radius 1 is 0.812 bits per heavy atom. The summed E-state index contributed by atoms with van der Waals surface area (Å²) >= 11 is 0. The van der Waals surface area contributed by atoms with Crippen molar-refractivity contribution in [1.29, 1.82) is 0 Å². The van der Waals surface area contributed by atoms with Crippen molar-refractivity contribution in [3.05, 3.63) is 34.4 Å². The standard InChI is InChI=1S/C18H25NO13/c20-5-9-11(22)12(23)14(25)18(30-9)32-16-10(6-21)31-17(15(26)13(16)24)29-8-3-1-7(2-4-8)19(27)28/h1-4,9-18,20-26H,5-6H2/t9-,10+,11+,12+,13-,14+,15+,16+,17-,18+/m0/s1. The molecule has 2 saturated heterocycles. The lowest BCUT2D eigenvalue weighted by molar-refractivity contribution is -0.384. The van der Waals surface area contributed by atoms with E-state index < -0.39 is 79.5 Å². The van der Waals surface area contributed by atoms with Gasteiger partial charge in [-0.25, -0.2) is 0 Å². The van der Waals surface area contributed by atoms with Gasteiger partial charge >= 0.3 is 0 Å². The molecule has 0 saturated carbocycles. The molecule has 14 nitrogen and oxygen atoms in total. The van der Waals surface area contributed by atoms with Crippen LogP contribution in [0.25, 0.3) is 0 Å². The minimum Gasteiger partial charge on any atom is -0.462 e. The van der Waals surface area contributed by atoms with Gasteiger partial charge in [0.25, 0.3) is 5.69 Å². The maximum absolute atomic E-state index is 10.7. The average molecular weight is 463 g/mol. The second-order valence-corrected chi connectivity index (χ2v) is 7.37. The van der Waals surface area contributed by atoms with Crippen molar-refractivity contribution in [3.8, 4) is 5.75 Å². The number of hydrogen-bond acceptors (Lipinski definition) is 13. The summed E-state index contributed by atoms with van der Waals surface area (Å²) in [5, 5.41) is 80.4. The van der Waals surface area contributed by atoms with Gasteiger partial charge in [-0.3, -0.25) is 10.1 Å². The Bertz CT molecular complexity index is 760.